The predicted molar refractivity (Wildman–Crippen MR) is 61.0 cm³/mol. The average molecular weight is 226 g/mol. The fourth-order valence-corrected chi connectivity index (χ4v) is 1.35. The highest BCUT2D eigenvalue weighted by Crippen LogP contribution is 2.09. The van der Waals surface area contributed by atoms with Gasteiger partial charge in [0.25, 0.3) is 5.91 Å². The molecule has 0 aliphatic heterocycles. The molecule has 1 unspecified atom stereocenters. The maximum atomic E-state index is 11.8. The number of nitrogens with one attached hydrogen (secondary N) is 1. The van der Waals surface area contributed by atoms with Crippen molar-refractivity contribution in [1.82, 2.24) is 15.1 Å². The molecule has 1 heterocycles. The van der Waals surface area contributed by atoms with Gasteiger partial charge in [-0.3, -0.25) is 9.48 Å². The Morgan fingerprint density at radius 1 is 1.75 bits per heavy atom. The second kappa shape index (κ2) is 5.50. The first-order chi connectivity index (χ1) is 7.60. The molecule has 0 aliphatic rings. The van der Waals surface area contributed by atoms with Crippen molar-refractivity contribution in [3.63, 3.8) is 0 Å². The van der Waals surface area contributed by atoms with Crippen LogP contribution in [0.5, 0.6) is 0 Å². The Balaban J connectivity index is 2.68. The van der Waals surface area contributed by atoms with E-state index in [2.05, 4.69) is 10.4 Å². The number of rotatable bonds is 5. The Kier molecular flexibility index (Phi) is 4.30. The zero-order valence-corrected chi connectivity index (χ0v) is 9.86. The Hall–Kier alpha value is -1.56. The summed E-state index contributed by atoms with van der Waals surface area (Å²) in [5, 5.41) is 6.76. The number of aryl methyl sites for hydroxylation is 1. The number of carbonyl (C=O) groups excluding carboxylic acids is 1. The molecule has 0 aliphatic carbocycles. The van der Waals surface area contributed by atoms with E-state index in [0.717, 1.165) is 6.42 Å². The van der Waals surface area contributed by atoms with Crippen LogP contribution in [0.3, 0.4) is 0 Å². The van der Waals surface area contributed by atoms with Crippen LogP contribution < -0.4 is 11.1 Å². The van der Waals surface area contributed by atoms with Gasteiger partial charge in [0.15, 0.2) is 0 Å². The van der Waals surface area contributed by atoms with Crippen LogP contribution >= 0.6 is 0 Å². The lowest BCUT2D eigenvalue weighted by Gasteiger charge is -2.15. The monoisotopic (exact) mass is 226 g/mol. The fraction of sp³-hybridized carbons (Fsp3) is 0.600. The molecule has 6 nitrogen and oxygen atoms in total. The van der Waals surface area contributed by atoms with Crippen molar-refractivity contribution in [2.75, 3.05) is 19.5 Å². The highest BCUT2D eigenvalue weighted by atomic mass is 16.5. The quantitative estimate of drug-likeness (QED) is 0.749. The third-order valence-corrected chi connectivity index (χ3v) is 2.43. The lowest BCUT2D eigenvalue weighted by atomic mass is 10.2. The van der Waals surface area contributed by atoms with Crippen LogP contribution in [-0.2, 0) is 11.8 Å². The van der Waals surface area contributed by atoms with E-state index < -0.39 is 0 Å². The molecule has 0 radical (unpaired) electrons. The third-order valence-electron chi connectivity index (χ3n) is 2.43. The van der Waals surface area contributed by atoms with Crippen molar-refractivity contribution < 1.29 is 9.53 Å². The van der Waals surface area contributed by atoms with Gasteiger partial charge < -0.3 is 15.8 Å². The summed E-state index contributed by atoms with van der Waals surface area (Å²) in [6.45, 7) is 2.47. The Bertz CT molecular complexity index is 362. The molecular weight excluding hydrogens is 208 g/mol. The number of nitrogen functional groups attached to an aromatic ring is 1. The van der Waals surface area contributed by atoms with Crippen LogP contribution in [-0.4, -0.2) is 35.4 Å². The molecule has 1 aromatic heterocycles. The van der Waals surface area contributed by atoms with Crippen LogP contribution in [0.1, 0.15) is 23.7 Å². The second-order valence-corrected chi connectivity index (χ2v) is 3.60. The smallest absolute Gasteiger partial charge is 0.256 e. The summed E-state index contributed by atoms with van der Waals surface area (Å²) in [5.41, 5.74) is 6.10. The number of methoxy groups -OCH3 is 1. The highest BCUT2D eigenvalue weighted by Gasteiger charge is 2.16. The first-order valence-corrected chi connectivity index (χ1v) is 5.17. The summed E-state index contributed by atoms with van der Waals surface area (Å²) < 4.78 is 6.46. The second-order valence-electron chi connectivity index (χ2n) is 3.60. The van der Waals surface area contributed by atoms with E-state index in [9.17, 15) is 4.79 Å². The molecule has 0 aromatic carbocycles. The molecule has 1 amide bonds. The topological polar surface area (TPSA) is 82.2 Å². The molecule has 1 rings (SSSR count). The van der Waals surface area contributed by atoms with Crippen LogP contribution in [0.4, 0.5) is 5.82 Å². The minimum Gasteiger partial charge on any atom is -0.383 e. The first kappa shape index (κ1) is 12.5. The zero-order chi connectivity index (χ0) is 12.1. The summed E-state index contributed by atoms with van der Waals surface area (Å²) in [7, 11) is 3.30. The molecule has 1 aromatic rings. The molecule has 90 valence electrons. The Morgan fingerprint density at radius 2 is 2.44 bits per heavy atom. The highest BCUT2D eigenvalue weighted by molar-refractivity contribution is 5.98. The van der Waals surface area contributed by atoms with Gasteiger partial charge in [0.2, 0.25) is 0 Å². The standard InChI is InChI=1S/C10H18N4O2/c1-4-7(6-16-3)13-10(15)8-5-12-14(2)9(8)11/h5,7H,4,6,11H2,1-3H3,(H,13,15). The number of anilines is 1. The molecule has 0 spiro atoms. The molecule has 6 heteroatoms. The minimum atomic E-state index is -0.213. The van der Waals surface area contributed by atoms with Crippen LogP contribution in [0.2, 0.25) is 0 Å². The predicted octanol–water partition coefficient (Wildman–Crippen LogP) is 0.157. The van der Waals surface area contributed by atoms with E-state index in [1.165, 1.54) is 10.9 Å². The molecule has 1 atom stereocenters. The van der Waals surface area contributed by atoms with Gasteiger partial charge >= 0.3 is 0 Å². The van der Waals surface area contributed by atoms with E-state index in [1.807, 2.05) is 6.92 Å². The minimum absolute atomic E-state index is 0.00268. The molecule has 0 saturated heterocycles. The lowest BCUT2D eigenvalue weighted by molar-refractivity contribution is 0.0895. The molecular formula is C10H18N4O2. The number of ether oxygens (including phenoxy) is 1. The molecule has 0 fully saturated rings. The van der Waals surface area contributed by atoms with Gasteiger partial charge in [0, 0.05) is 14.2 Å². The van der Waals surface area contributed by atoms with Gasteiger partial charge in [-0.2, -0.15) is 5.10 Å². The summed E-state index contributed by atoms with van der Waals surface area (Å²) in [4.78, 5) is 11.8. The van der Waals surface area contributed by atoms with Crippen molar-refractivity contribution in [1.29, 1.82) is 0 Å². The number of hydrogen-bond acceptors (Lipinski definition) is 4. The Morgan fingerprint density at radius 3 is 2.88 bits per heavy atom. The molecule has 16 heavy (non-hydrogen) atoms. The van der Waals surface area contributed by atoms with Gasteiger partial charge in [0.05, 0.1) is 18.8 Å². The molecule has 0 bridgehead atoms. The maximum Gasteiger partial charge on any atom is 0.256 e. The van der Waals surface area contributed by atoms with Crippen molar-refractivity contribution in [3.05, 3.63) is 11.8 Å². The Labute approximate surface area is 94.8 Å². The van der Waals surface area contributed by atoms with Crippen LogP contribution in [0, 0.1) is 0 Å². The number of hydrogen-bond donors (Lipinski definition) is 2. The SMILES string of the molecule is CCC(COC)NC(=O)c1cnn(C)c1N. The number of amides is 1. The van der Waals surface area contributed by atoms with Crippen molar-refractivity contribution in [3.8, 4) is 0 Å². The normalized spacial score (nSPS) is 12.4. The first-order valence-electron chi connectivity index (χ1n) is 5.17. The zero-order valence-electron chi connectivity index (χ0n) is 9.86. The number of nitrogens with two attached hydrogens (primary N) is 1. The molecule has 0 saturated carbocycles. The summed E-state index contributed by atoms with van der Waals surface area (Å²) in [6, 6.07) is -0.00268. The lowest BCUT2D eigenvalue weighted by Crippen LogP contribution is -2.37. The van der Waals surface area contributed by atoms with E-state index in [1.54, 1.807) is 14.2 Å². The average Bonchev–Trinajstić information content (AvgIpc) is 2.59. The van der Waals surface area contributed by atoms with Crippen molar-refractivity contribution in [2.45, 2.75) is 19.4 Å². The number of aromatic nitrogens is 2. The van der Waals surface area contributed by atoms with E-state index >= 15 is 0 Å². The largest absolute Gasteiger partial charge is 0.383 e. The summed E-state index contributed by atoms with van der Waals surface area (Å²) in [5.74, 6) is 0.152. The van der Waals surface area contributed by atoms with E-state index in [-0.39, 0.29) is 11.9 Å². The van der Waals surface area contributed by atoms with Gasteiger partial charge in [0.1, 0.15) is 11.4 Å². The van der Waals surface area contributed by atoms with Gasteiger partial charge in [-0.05, 0) is 6.42 Å². The van der Waals surface area contributed by atoms with Crippen molar-refractivity contribution >= 4 is 11.7 Å². The fourth-order valence-electron chi connectivity index (χ4n) is 1.35. The third kappa shape index (κ3) is 2.73. The van der Waals surface area contributed by atoms with Crippen molar-refractivity contribution in [2.24, 2.45) is 7.05 Å². The summed E-state index contributed by atoms with van der Waals surface area (Å²) >= 11 is 0. The maximum absolute atomic E-state index is 11.8. The van der Waals surface area contributed by atoms with Gasteiger partial charge in [-0.15, -0.1) is 0 Å². The van der Waals surface area contributed by atoms with E-state index in [0.29, 0.717) is 18.0 Å². The van der Waals surface area contributed by atoms with Crippen LogP contribution in [0.25, 0.3) is 0 Å². The van der Waals surface area contributed by atoms with Gasteiger partial charge in [-0.25, -0.2) is 0 Å². The summed E-state index contributed by atoms with van der Waals surface area (Å²) in [6.07, 6.45) is 2.27. The number of carbonyl (C=O) groups is 1. The molecule has 3 N–H and O–H groups in total. The van der Waals surface area contributed by atoms with E-state index in [4.69, 9.17) is 10.5 Å². The van der Waals surface area contributed by atoms with Crippen LogP contribution in [0.15, 0.2) is 6.20 Å². The number of nitrogens with zero attached hydrogens (tertiary/aromatic N) is 2. The van der Waals surface area contributed by atoms with Gasteiger partial charge in [-0.1, -0.05) is 6.92 Å².